The smallest absolute Gasteiger partial charge is 0.255 e. The molecule has 2 rings (SSSR count). The van der Waals surface area contributed by atoms with Crippen LogP contribution in [0.3, 0.4) is 0 Å². The summed E-state index contributed by atoms with van der Waals surface area (Å²) < 4.78 is 26.6. The predicted octanol–water partition coefficient (Wildman–Crippen LogP) is 2.55. The van der Waals surface area contributed by atoms with Gasteiger partial charge in [-0.15, -0.1) is 12.4 Å². The molecule has 0 atom stereocenters. The Morgan fingerprint density at radius 2 is 1.79 bits per heavy atom. The van der Waals surface area contributed by atoms with Gasteiger partial charge in [0.1, 0.15) is 0 Å². The number of halogens is 4. The van der Waals surface area contributed by atoms with Gasteiger partial charge in [-0.05, 0) is 47.6 Å². The third-order valence-corrected chi connectivity index (χ3v) is 3.96. The van der Waals surface area contributed by atoms with E-state index in [1.165, 1.54) is 0 Å². The molecule has 3 nitrogen and oxygen atoms in total. The number of piperidine rings is 1. The van der Waals surface area contributed by atoms with Crippen molar-refractivity contribution in [2.24, 2.45) is 5.73 Å². The second kappa shape index (κ2) is 6.81. The van der Waals surface area contributed by atoms with Crippen molar-refractivity contribution in [1.29, 1.82) is 0 Å². The molecule has 1 aliphatic rings. The number of hydrogen-bond donors (Lipinski definition) is 1. The number of benzene rings is 1. The van der Waals surface area contributed by atoms with E-state index in [4.69, 9.17) is 5.73 Å². The molecule has 0 spiro atoms. The molecule has 19 heavy (non-hydrogen) atoms. The highest BCUT2D eigenvalue weighted by Gasteiger charge is 2.24. The highest BCUT2D eigenvalue weighted by Crippen LogP contribution is 2.20. The van der Waals surface area contributed by atoms with E-state index in [-0.39, 0.29) is 29.9 Å². The van der Waals surface area contributed by atoms with Crippen LogP contribution in [0.15, 0.2) is 12.1 Å². The molecule has 1 amide bonds. The SMILES string of the molecule is Cl.NC1CCN(C(=O)c2cc(F)c(F)cc2I)CC1. The van der Waals surface area contributed by atoms with Crippen LogP contribution in [0.1, 0.15) is 23.2 Å². The number of carbonyl (C=O) groups excluding carboxylic acids is 1. The van der Waals surface area contributed by atoms with Crippen LogP contribution < -0.4 is 5.73 Å². The van der Waals surface area contributed by atoms with E-state index in [0.29, 0.717) is 16.7 Å². The molecule has 1 saturated heterocycles. The minimum absolute atomic E-state index is 0. The number of hydrogen-bond acceptors (Lipinski definition) is 2. The molecule has 0 aromatic heterocycles. The lowest BCUT2D eigenvalue weighted by Crippen LogP contribution is -2.43. The van der Waals surface area contributed by atoms with E-state index in [0.717, 1.165) is 25.0 Å². The van der Waals surface area contributed by atoms with Crippen LogP contribution in [0.5, 0.6) is 0 Å². The average Bonchev–Trinajstić information content (AvgIpc) is 2.34. The van der Waals surface area contributed by atoms with Gasteiger partial charge in [-0.25, -0.2) is 8.78 Å². The van der Waals surface area contributed by atoms with Crippen molar-refractivity contribution in [3.63, 3.8) is 0 Å². The van der Waals surface area contributed by atoms with Crippen molar-refractivity contribution in [2.45, 2.75) is 18.9 Å². The van der Waals surface area contributed by atoms with Crippen LogP contribution in [-0.2, 0) is 0 Å². The highest BCUT2D eigenvalue weighted by molar-refractivity contribution is 14.1. The number of nitrogens with two attached hydrogens (primary N) is 1. The molecular weight excluding hydrogens is 388 g/mol. The van der Waals surface area contributed by atoms with Gasteiger partial charge in [-0.2, -0.15) is 0 Å². The van der Waals surface area contributed by atoms with Gasteiger partial charge in [0.25, 0.3) is 5.91 Å². The second-order valence-electron chi connectivity index (χ2n) is 4.38. The molecule has 2 N–H and O–H groups in total. The number of likely N-dealkylation sites (tertiary alicyclic amines) is 1. The van der Waals surface area contributed by atoms with E-state index in [9.17, 15) is 13.6 Å². The van der Waals surface area contributed by atoms with E-state index in [2.05, 4.69) is 0 Å². The summed E-state index contributed by atoms with van der Waals surface area (Å²) in [4.78, 5) is 13.8. The summed E-state index contributed by atoms with van der Waals surface area (Å²) in [7, 11) is 0. The van der Waals surface area contributed by atoms with Crippen molar-refractivity contribution >= 4 is 40.9 Å². The van der Waals surface area contributed by atoms with Crippen LogP contribution in [0.2, 0.25) is 0 Å². The Morgan fingerprint density at radius 1 is 1.26 bits per heavy atom. The van der Waals surface area contributed by atoms with E-state index in [1.807, 2.05) is 22.6 Å². The summed E-state index contributed by atoms with van der Waals surface area (Å²) in [6.45, 7) is 1.13. The van der Waals surface area contributed by atoms with E-state index in [1.54, 1.807) is 4.90 Å². The van der Waals surface area contributed by atoms with Gasteiger partial charge < -0.3 is 10.6 Å². The fraction of sp³-hybridized carbons (Fsp3) is 0.417. The molecule has 1 aromatic carbocycles. The summed E-state index contributed by atoms with van der Waals surface area (Å²) in [6.07, 6.45) is 1.48. The van der Waals surface area contributed by atoms with Crippen molar-refractivity contribution in [3.05, 3.63) is 32.9 Å². The molecule has 0 bridgehead atoms. The third kappa shape index (κ3) is 3.76. The van der Waals surface area contributed by atoms with Gasteiger partial charge in [0.05, 0.1) is 5.56 Å². The first kappa shape index (κ1) is 16.6. The van der Waals surface area contributed by atoms with E-state index < -0.39 is 11.6 Å². The maximum Gasteiger partial charge on any atom is 0.255 e. The van der Waals surface area contributed by atoms with Crippen LogP contribution >= 0.6 is 35.0 Å². The Kier molecular flexibility index (Phi) is 5.94. The van der Waals surface area contributed by atoms with E-state index >= 15 is 0 Å². The van der Waals surface area contributed by atoms with Gasteiger partial charge in [-0.3, -0.25) is 4.79 Å². The Morgan fingerprint density at radius 3 is 2.37 bits per heavy atom. The maximum atomic E-state index is 13.2. The fourth-order valence-electron chi connectivity index (χ4n) is 1.96. The first-order valence-electron chi connectivity index (χ1n) is 5.68. The lowest BCUT2D eigenvalue weighted by atomic mass is 10.0. The zero-order valence-corrected chi connectivity index (χ0v) is 13.0. The molecule has 0 unspecified atom stereocenters. The van der Waals surface area contributed by atoms with Crippen LogP contribution in [0, 0.1) is 15.2 Å². The van der Waals surface area contributed by atoms with Gasteiger partial charge in [0, 0.05) is 22.7 Å². The Labute approximate surface area is 130 Å². The zero-order chi connectivity index (χ0) is 13.3. The summed E-state index contributed by atoms with van der Waals surface area (Å²) in [6, 6.07) is 2.13. The van der Waals surface area contributed by atoms with Crippen molar-refractivity contribution in [1.82, 2.24) is 4.90 Å². The Hall–Kier alpha value is -0.470. The minimum atomic E-state index is -0.993. The maximum absolute atomic E-state index is 13.2. The minimum Gasteiger partial charge on any atom is -0.338 e. The summed E-state index contributed by atoms with van der Waals surface area (Å²) >= 11 is 1.84. The Balaban J connectivity index is 0.00000180. The van der Waals surface area contributed by atoms with Gasteiger partial charge in [0.15, 0.2) is 11.6 Å². The standard InChI is InChI=1S/C12H13F2IN2O.ClH/c13-9-5-8(11(15)6-10(9)14)12(18)17-3-1-7(16)2-4-17;/h5-7H,1-4,16H2;1H. The summed E-state index contributed by atoms with van der Waals surface area (Å²) in [5.74, 6) is -2.19. The molecule has 0 saturated carbocycles. The largest absolute Gasteiger partial charge is 0.338 e. The van der Waals surface area contributed by atoms with Crippen LogP contribution in [-0.4, -0.2) is 29.9 Å². The van der Waals surface area contributed by atoms with Gasteiger partial charge in [-0.1, -0.05) is 0 Å². The van der Waals surface area contributed by atoms with Gasteiger partial charge in [0.2, 0.25) is 0 Å². The number of carbonyl (C=O) groups is 1. The molecule has 1 fully saturated rings. The molecule has 1 aliphatic heterocycles. The monoisotopic (exact) mass is 402 g/mol. The highest BCUT2D eigenvalue weighted by atomic mass is 127. The first-order valence-corrected chi connectivity index (χ1v) is 6.76. The zero-order valence-electron chi connectivity index (χ0n) is 10.0. The van der Waals surface area contributed by atoms with Crippen molar-refractivity contribution in [3.8, 4) is 0 Å². The average molecular weight is 403 g/mol. The lowest BCUT2D eigenvalue weighted by Gasteiger charge is -2.30. The van der Waals surface area contributed by atoms with Gasteiger partial charge >= 0.3 is 0 Å². The molecule has 106 valence electrons. The van der Waals surface area contributed by atoms with Crippen LogP contribution in [0.4, 0.5) is 8.78 Å². The molecular formula is C12H14ClF2IN2O. The summed E-state index contributed by atoms with van der Waals surface area (Å²) in [5, 5.41) is 0. The molecule has 0 aliphatic carbocycles. The molecule has 1 aromatic rings. The third-order valence-electron chi connectivity index (χ3n) is 3.07. The lowest BCUT2D eigenvalue weighted by molar-refractivity contribution is 0.0713. The number of nitrogens with zero attached hydrogens (tertiary/aromatic N) is 1. The molecule has 7 heteroatoms. The predicted molar refractivity (Wildman–Crippen MR) is 79.4 cm³/mol. The number of amides is 1. The van der Waals surface area contributed by atoms with Crippen molar-refractivity contribution in [2.75, 3.05) is 13.1 Å². The summed E-state index contributed by atoms with van der Waals surface area (Å²) in [5.41, 5.74) is 5.97. The Bertz CT molecular complexity index is 479. The van der Waals surface area contributed by atoms with Crippen molar-refractivity contribution < 1.29 is 13.6 Å². The molecule has 1 heterocycles. The fourth-order valence-corrected chi connectivity index (χ4v) is 2.62. The first-order chi connectivity index (χ1) is 8.49. The second-order valence-corrected chi connectivity index (χ2v) is 5.54. The van der Waals surface area contributed by atoms with Crippen LogP contribution in [0.25, 0.3) is 0 Å². The number of rotatable bonds is 1. The normalized spacial score (nSPS) is 16.1. The quantitative estimate of drug-likeness (QED) is 0.580. The molecule has 0 radical (unpaired) electrons. The topological polar surface area (TPSA) is 46.3 Å².